The third-order valence-electron chi connectivity index (χ3n) is 3.71. The predicted molar refractivity (Wildman–Crippen MR) is 86.6 cm³/mol. The van der Waals surface area contributed by atoms with Gasteiger partial charge in [-0.25, -0.2) is 0 Å². The van der Waals surface area contributed by atoms with Crippen molar-refractivity contribution >= 4 is 11.6 Å². The van der Waals surface area contributed by atoms with Crippen LogP contribution in [0.15, 0.2) is 15.0 Å². The minimum Gasteiger partial charge on any atom is -0.493 e. The third kappa shape index (κ3) is 3.17. The van der Waals surface area contributed by atoms with Crippen molar-refractivity contribution in [3.8, 4) is 11.9 Å². The minimum atomic E-state index is -0.492. The van der Waals surface area contributed by atoms with Crippen molar-refractivity contribution in [2.24, 2.45) is 17.3 Å². The van der Waals surface area contributed by atoms with Gasteiger partial charge in [0, 0.05) is 19.2 Å². The second-order valence-electron chi connectivity index (χ2n) is 5.38. The van der Waals surface area contributed by atoms with Crippen molar-refractivity contribution in [3.63, 3.8) is 0 Å². The van der Waals surface area contributed by atoms with E-state index in [2.05, 4.69) is 20.3 Å². The molecule has 0 amide bonds. The lowest BCUT2D eigenvalue weighted by Crippen LogP contribution is -2.22. The molecular formula is C15H19N7O2. The number of aromatic hydroxyl groups is 1. The van der Waals surface area contributed by atoms with Crippen LogP contribution in [-0.4, -0.2) is 24.4 Å². The summed E-state index contributed by atoms with van der Waals surface area (Å²) in [4.78, 5) is 16.7. The van der Waals surface area contributed by atoms with Crippen LogP contribution in [0.3, 0.4) is 0 Å². The van der Waals surface area contributed by atoms with Gasteiger partial charge in [0.15, 0.2) is 5.69 Å². The average molecular weight is 329 g/mol. The number of nitriles is 1. The molecular weight excluding hydrogens is 310 g/mol. The molecule has 0 atom stereocenters. The molecule has 0 aliphatic rings. The first kappa shape index (κ1) is 17.3. The maximum absolute atomic E-state index is 12.6. The molecule has 1 N–H and O–H groups in total. The number of nitrogens with zero attached hydrogens (tertiary/aromatic N) is 7. The molecule has 24 heavy (non-hydrogen) atoms. The van der Waals surface area contributed by atoms with Crippen LogP contribution >= 0.6 is 0 Å². The minimum absolute atomic E-state index is 0.00515. The van der Waals surface area contributed by atoms with Crippen molar-refractivity contribution in [2.45, 2.75) is 40.2 Å². The van der Waals surface area contributed by atoms with E-state index in [0.717, 1.165) is 11.0 Å². The lowest BCUT2D eigenvalue weighted by atomic mass is 10.1. The van der Waals surface area contributed by atoms with Crippen molar-refractivity contribution in [1.29, 1.82) is 5.26 Å². The fourth-order valence-electron chi connectivity index (χ4n) is 2.16. The van der Waals surface area contributed by atoms with Crippen LogP contribution in [0.2, 0.25) is 0 Å². The average Bonchev–Trinajstić information content (AvgIpc) is 2.86. The molecule has 0 spiro atoms. The van der Waals surface area contributed by atoms with Gasteiger partial charge in [0.1, 0.15) is 17.5 Å². The van der Waals surface area contributed by atoms with E-state index in [-0.39, 0.29) is 28.6 Å². The van der Waals surface area contributed by atoms with Gasteiger partial charge in [-0.1, -0.05) is 13.3 Å². The molecule has 126 valence electrons. The molecule has 9 heteroatoms. The monoisotopic (exact) mass is 329 g/mol. The Hall–Kier alpha value is -3.02. The normalized spacial score (nSPS) is 11.1. The standard InChI is InChI=1S/C15H19N7O2/c1-5-6-7-22-13(23)11(8-16)9(2)12(14(22)24)18-19-15-17-10(3)21(4)20-15/h23H,5-7H2,1-4H3. The largest absolute Gasteiger partial charge is 0.493 e. The Morgan fingerprint density at radius 1 is 1.33 bits per heavy atom. The van der Waals surface area contributed by atoms with Crippen LogP contribution in [0.4, 0.5) is 11.6 Å². The van der Waals surface area contributed by atoms with E-state index in [0.29, 0.717) is 18.8 Å². The summed E-state index contributed by atoms with van der Waals surface area (Å²) in [5.41, 5.74) is -0.187. The lowest BCUT2D eigenvalue weighted by Gasteiger charge is -2.12. The summed E-state index contributed by atoms with van der Waals surface area (Å²) >= 11 is 0. The first-order valence-electron chi connectivity index (χ1n) is 7.56. The van der Waals surface area contributed by atoms with Crippen molar-refractivity contribution in [1.82, 2.24) is 19.3 Å². The molecule has 0 aromatic carbocycles. The Morgan fingerprint density at radius 3 is 2.58 bits per heavy atom. The van der Waals surface area contributed by atoms with Crippen LogP contribution in [0, 0.1) is 25.2 Å². The molecule has 0 saturated heterocycles. The van der Waals surface area contributed by atoms with Gasteiger partial charge in [0.25, 0.3) is 11.5 Å². The molecule has 0 aliphatic carbocycles. The molecule has 2 aromatic rings. The molecule has 2 aromatic heterocycles. The van der Waals surface area contributed by atoms with Gasteiger partial charge >= 0.3 is 0 Å². The molecule has 0 radical (unpaired) electrons. The van der Waals surface area contributed by atoms with Crippen LogP contribution in [0.1, 0.15) is 36.7 Å². The fraction of sp³-hybridized carbons (Fsp3) is 0.467. The van der Waals surface area contributed by atoms with E-state index in [4.69, 9.17) is 0 Å². The maximum atomic E-state index is 12.6. The molecule has 0 aliphatic heterocycles. The number of azo groups is 1. The van der Waals surface area contributed by atoms with Crippen LogP contribution in [0.5, 0.6) is 5.88 Å². The Labute approximate surface area is 138 Å². The van der Waals surface area contributed by atoms with Gasteiger partial charge in [-0.2, -0.15) is 10.2 Å². The van der Waals surface area contributed by atoms with Crippen molar-refractivity contribution < 1.29 is 5.11 Å². The number of pyridine rings is 1. The highest BCUT2D eigenvalue weighted by Gasteiger charge is 2.19. The Morgan fingerprint density at radius 2 is 2.04 bits per heavy atom. The van der Waals surface area contributed by atoms with Gasteiger partial charge in [-0.15, -0.1) is 15.3 Å². The van der Waals surface area contributed by atoms with E-state index >= 15 is 0 Å². The Balaban J connectivity index is 2.56. The molecule has 0 bridgehead atoms. The number of hydrogen-bond donors (Lipinski definition) is 1. The van der Waals surface area contributed by atoms with Crippen molar-refractivity contribution in [2.75, 3.05) is 0 Å². The van der Waals surface area contributed by atoms with E-state index in [1.54, 1.807) is 20.9 Å². The molecule has 0 saturated carbocycles. The molecule has 0 unspecified atom stereocenters. The van der Waals surface area contributed by atoms with Gasteiger partial charge in [0.05, 0.1) is 0 Å². The van der Waals surface area contributed by atoms with E-state index in [9.17, 15) is 15.2 Å². The summed E-state index contributed by atoms with van der Waals surface area (Å²) in [7, 11) is 1.72. The zero-order valence-corrected chi connectivity index (χ0v) is 14.1. The fourth-order valence-corrected chi connectivity index (χ4v) is 2.16. The summed E-state index contributed by atoms with van der Waals surface area (Å²) in [6, 6.07) is 1.91. The zero-order chi connectivity index (χ0) is 17.9. The second kappa shape index (κ2) is 7.04. The van der Waals surface area contributed by atoms with Crippen LogP contribution < -0.4 is 5.56 Å². The van der Waals surface area contributed by atoms with E-state index in [1.165, 1.54) is 4.68 Å². The molecule has 0 fully saturated rings. The first-order chi connectivity index (χ1) is 11.4. The van der Waals surface area contributed by atoms with E-state index in [1.807, 2.05) is 13.0 Å². The summed E-state index contributed by atoms with van der Waals surface area (Å²) < 4.78 is 2.69. The number of aryl methyl sites for hydroxylation is 2. The number of unbranched alkanes of at least 4 members (excludes halogenated alkanes) is 1. The lowest BCUT2D eigenvalue weighted by molar-refractivity contribution is 0.399. The summed E-state index contributed by atoms with van der Waals surface area (Å²) in [6.45, 7) is 5.59. The topological polar surface area (TPSA) is 121 Å². The Kier molecular flexibility index (Phi) is 5.08. The van der Waals surface area contributed by atoms with Crippen molar-refractivity contribution in [3.05, 3.63) is 27.3 Å². The second-order valence-corrected chi connectivity index (χ2v) is 5.38. The smallest absolute Gasteiger partial charge is 0.287 e. The summed E-state index contributed by atoms with van der Waals surface area (Å²) in [5.74, 6) is 0.448. The highest BCUT2D eigenvalue weighted by atomic mass is 16.3. The molecule has 9 nitrogen and oxygen atoms in total. The number of aromatic nitrogens is 4. The van der Waals surface area contributed by atoms with Gasteiger partial charge in [0.2, 0.25) is 5.88 Å². The van der Waals surface area contributed by atoms with Crippen LogP contribution in [-0.2, 0) is 13.6 Å². The summed E-state index contributed by atoms with van der Waals surface area (Å²) in [6.07, 6.45) is 1.54. The predicted octanol–water partition coefficient (Wildman–Crippen LogP) is 2.39. The van der Waals surface area contributed by atoms with Gasteiger partial charge in [-0.3, -0.25) is 14.0 Å². The molecule has 2 heterocycles. The quantitative estimate of drug-likeness (QED) is 0.844. The van der Waals surface area contributed by atoms with Crippen LogP contribution in [0.25, 0.3) is 0 Å². The molecule has 2 rings (SSSR count). The maximum Gasteiger partial charge on any atom is 0.287 e. The number of hydrogen-bond acceptors (Lipinski definition) is 7. The zero-order valence-electron chi connectivity index (χ0n) is 14.1. The third-order valence-corrected chi connectivity index (χ3v) is 3.71. The van der Waals surface area contributed by atoms with Gasteiger partial charge < -0.3 is 5.11 Å². The van der Waals surface area contributed by atoms with Gasteiger partial charge in [-0.05, 0) is 20.3 Å². The summed E-state index contributed by atoms with van der Waals surface area (Å²) in [5, 5.41) is 31.3. The Bertz CT molecular complexity index is 867. The SMILES string of the molecule is CCCCn1c(O)c(C#N)c(C)c(N=Nc2nc(C)n(C)n2)c1=O. The first-order valence-corrected chi connectivity index (χ1v) is 7.56. The highest BCUT2D eigenvalue weighted by molar-refractivity contribution is 5.56. The highest BCUT2D eigenvalue weighted by Crippen LogP contribution is 2.26. The van der Waals surface area contributed by atoms with E-state index < -0.39 is 5.56 Å². The number of rotatable bonds is 5.